The van der Waals surface area contributed by atoms with Crippen LogP contribution in [0.1, 0.15) is 47.6 Å². The highest BCUT2D eigenvalue weighted by Crippen LogP contribution is 2.51. The van der Waals surface area contributed by atoms with Crippen molar-refractivity contribution in [3.05, 3.63) is 57.0 Å². The van der Waals surface area contributed by atoms with E-state index < -0.39 is 28.6 Å². The number of thioether (sulfide) groups is 1. The Kier molecular flexibility index (Phi) is 5.29. The minimum absolute atomic E-state index is 0.157. The Morgan fingerprint density at radius 1 is 1.12 bits per heavy atom. The van der Waals surface area contributed by atoms with Gasteiger partial charge in [-0.25, -0.2) is 0 Å². The smallest absolute Gasteiger partial charge is 0.323 e. The Bertz CT molecular complexity index is 1200. The lowest BCUT2D eigenvalue weighted by molar-refractivity contribution is -0.139. The van der Waals surface area contributed by atoms with Gasteiger partial charge in [-0.2, -0.15) is 0 Å². The normalized spacial score (nSPS) is 20.2. The fourth-order valence-corrected chi connectivity index (χ4v) is 4.74. The van der Waals surface area contributed by atoms with Crippen LogP contribution >= 0.6 is 11.8 Å². The van der Waals surface area contributed by atoms with Crippen molar-refractivity contribution in [2.45, 2.75) is 46.1 Å². The van der Waals surface area contributed by atoms with Crippen LogP contribution in [0.4, 0.5) is 4.79 Å². The molecule has 2 aliphatic rings. The van der Waals surface area contributed by atoms with Crippen molar-refractivity contribution in [2.75, 3.05) is 0 Å². The molecule has 166 valence electrons. The molecule has 2 aromatic carbocycles. The van der Waals surface area contributed by atoms with E-state index in [2.05, 4.69) is 5.32 Å². The van der Waals surface area contributed by atoms with Crippen molar-refractivity contribution in [3.63, 3.8) is 0 Å². The van der Waals surface area contributed by atoms with Crippen LogP contribution in [0.15, 0.2) is 29.2 Å². The quantitative estimate of drug-likeness (QED) is 0.401. The first-order valence-corrected chi connectivity index (χ1v) is 10.9. The van der Waals surface area contributed by atoms with Gasteiger partial charge >= 0.3 is 5.97 Å². The number of carbonyl (C=O) groups excluding carboxylic acids is 3. The van der Waals surface area contributed by atoms with E-state index in [0.717, 1.165) is 22.9 Å². The molecular weight excluding hydrogens is 430 g/mol. The zero-order chi connectivity index (χ0) is 23.4. The van der Waals surface area contributed by atoms with E-state index in [0.29, 0.717) is 33.1 Å². The maximum absolute atomic E-state index is 13.2. The Balaban J connectivity index is 1.59. The topological polar surface area (TPSA) is 102 Å². The van der Waals surface area contributed by atoms with Gasteiger partial charge in [0, 0.05) is 5.56 Å². The van der Waals surface area contributed by atoms with E-state index in [9.17, 15) is 19.5 Å². The number of nitrogens with one attached hydrogen (secondary N) is 1. The zero-order valence-corrected chi connectivity index (χ0v) is 19.2. The summed E-state index contributed by atoms with van der Waals surface area (Å²) in [6.07, 6.45) is 1.60. The number of ether oxygens (including phenoxy) is 2. The molecule has 2 amide bonds. The molecule has 0 saturated carbocycles. The number of benzene rings is 2. The fourth-order valence-electron chi connectivity index (χ4n) is 4.06. The summed E-state index contributed by atoms with van der Waals surface area (Å²) in [5, 5.41) is 12.3. The van der Waals surface area contributed by atoms with Crippen LogP contribution in [0.2, 0.25) is 0 Å². The van der Waals surface area contributed by atoms with Crippen molar-refractivity contribution in [1.82, 2.24) is 5.32 Å². The molecule has 7 nitrogen and oxygen atoms in total. The minimum Gasteiger partial charge on any atom is -0.507 e. The maximum atomic E-state index is 13.2. The Morgan fingerprint density at radius 2 is 1.78 bits per heavy atom. The third kappa shape index (κ3) is 3.64. The fraction of sp³-hybridized carbons (Fsp3) is 0.292. The summed E-state index contributed by atoms with van der Waals surface area (Å²) >= 11 is 0.840. The largest absolute Gasteiger partial charge is 0.507 e. The van der Waals surface area contributed by atoms with E-state index in [4.69, 9.17) is 9.47 Å². The van der Waals surface area contributed by atoms with Gasteiger partial charge in [-0.3, -0.25) is 19.7 Å². The van der Waals surface area contributed by atoms with Gasteiger partial charge in [-0.05, 0) is 86.8 Å². The molecule has 32 heavy (non-hydrogen) atoms. The third-order valence-electron chi connectivity index (χ3n) is 5.89. The summed E-state index contributed by atoms with van der Waals surface area (Å²) in [6.45, 7) is 9.10. The highest BCUT2D eigenvalue weighted by atomic mass is 32.2. The van der Waals surface area contributed by atoms with Crippen molar-refractivity contribution in [1.29, 1.82) is 0 Å². The van der Waals surface area contributed by atoms with Crippen molar-refractivity contribution >= 4 is 35.0 Å². The predicted molar refractivity (Wildman–Crippen MR) is 121 cm³/mol. The molecule has 8 heteroatoms. The number of hydrogen-bond donors (Lipinski definition) is 2. The molecule has 1 saturated heterocycles. The number of amides is 2. The molecule has 2 aliphatic heterocycles. The number of imide groups is 1. The predicted octanol–water partition coefficient (Wildman–Crippen LogP) is 4.50. The van der Waals surface area contributed by atoms with Crippen LogP contribution in [0.3, 0.4) is 0 Å². The van der Waals surface area contributed by atoms with Gasteiger partial charge in [0.1, 0.15) is 28.8 Å². The average Bonchev–Trinajstić information content (AvgIpc) is 3.20. The molecule has 0 radical (unpaired) electrons. The first-order valence-electron chi connectivity index (χ1n) is 10.1. The van der Waals surface area contributed by atoms with Crippen LogP contribution < -0.4 is 14.8 Å². The average molecular weight is 454 g/mol. The van der Waals surface area contributed by atoms with Crippen molar-refractivity contribution in [3.8, 4) is 17.2 Å². The molecule has 2 aromatic rings. The standard InChI is InChI=1S/C24H23NO6S/c1-11-12(2)20-17(13(3)19(11)26)18(24(4,5)31-20)22(28)30-15-8-6-14(7-9-15)10-16-21(27)25-23(29)32-16/h6-10,18,26H,1-5H3,(H,25,27,29)/b16-10-/t18-/m1/s1. The van der Waals surface area contributed by atoms with E-state index >= 15 is 0 Å². The highest BCUT2D eigenvalue weighted by molar-refractivity contribution is 8.18. The molecule has 4 rings (SSSR count). The van der Waals surface area contributed by atoms with Crippen LogP contribution in [0, 0.1) is 20.8 Å². The van der Waals surface area contributed by atoms with Gasteiger partial charge in [0.05, 0.1) is 4.91 Å². The molecule has 2 N–H and O–H groups in total. The molecule has 1 fully saturated rings. The summed E-state index contributed by atoms with van der Waals surface area (Å²) < 4.78 is 11.8. The summed E-state index contributed by atoms with van der Waals surface area (Å²) in [6, 6.07) is 6.64. The van der Waals surface area contributed by atoms with Gasteiger partial charge in [0.2, 0.25) is 0 Å². The molecule has 0 aliphatic carbocycles. The number of fused-ring (bicyclic) bond motifs is 1. The minimum atomic E-state index is -0.848. The Morgan fingerprint density at radius 3 is 2.38 bits per heavy atom. The van der Waals surface area contributed by atoms with Gasteiger partial charge in [-0.15, -0.1) is 0 Å². The molecule has 0 unspecified atom stereocenters. The van der Waals surface area contributed by atoms with E-state index in [1.165, 1.54) is 0 Å². The SMILES string of the molecule is Cc1c(C)c2c(c(C)c1O)[C@H](C(=O)Oc1ccc(/C=C3\SC(=O)NC3=O)cc1)C(C)(C)O2. The maximum Gasteiger partial charge on any atom is 0.323 e. The second-order valence-corrected chi connectivity index (χ2v) is 9.46. The number of hydrogen-bond acceptors (Lipinski definition) is 7. The molecule has 1 atom stereocenters. The molecule has 0 aromatic heterocycles. The third-order valence-corrected chi connectivity index (χ3v) is 6.70. The van der Waals surface area contributed by atoms with Gasteiger partial charge < -0.3 is 14.6 Å². The second-order valence-electron chi connectivity index (χ2n) is 8.45. The van der Waals surface area contributed by atoms with Crippen molar-refractivity contribution in [2.24, 2.45) is 0 Å². The van der Waals surface area contributed by atoms with Crippen LogP contribution in [0.25, 0.3) is 6.08 Å². The van der Waals surface area contributed by atoms with Crippen molar-refractivity contribution < 1.29 is 29.0 Å². The van der Waals surface area contributed by atoms with Gasteiger partial charge in [0.15, 0.2) is 0 Å². The molecular formula is C24H23NO6S. The number of phenolic OH excluding ortho intramolecular Hbond substituents is 1. The monoisotopic (exact) mass is 453 g/mol. The van der Waals surface area contributed by atoms with Crippen LogP contribution in [0.5, 0.6) is 17.2 Å². The zero-order valence-electron chi connectivity index (χ0n) is 18.4. The summed E-state index contributed by atoms with van der Waals surface area (Å²) in [4.78, 5) is 36.5. The number of aromatic hydroxyl groups is 1. The highest BCUT2D eigenvalue weighted by Gasteiger charge is 2.49. The Hall–Kier alpha value is -3.26. The number of esters is 1. The lowest BCUT2D eigenvalue weighted by atomic mass is 9.83. The number of rotatable bonds is 3. The Labute approximate surface area is 189 Å². The van der Waals surface area contributed by atoms with Crippen LogP contribution in [-0.4, -0.2) is 27.8 Å². The first kappa shape index (κ1) is 22.0. The number of carbonyl (C=O) groups is 3. The van der Waals surface area contributed by atoms with Gasteiger partial charge in [0.25, 0.3) is 11.1 Å². The summed E-state index contributed by atoms with van der Waals surface area (Å²) in [5.41, 5.74) is 2.64. The number of phenols is 1. The van der Waals surface area contributed by atoms with E-state index in [1.807, 2.05) is 27.7 Å². The van der Waals surface area contributed by atoms with Gasteiger partial charge in [-0.1, -0.05) is 12.1 Å². The summed E-state index contributed by atoms with van der Waals surface area (Å²) in [7, 11) is 0. The molecule has 2 heterocycles. The van der Waals surface area contributed by atoms with E-state index in [1.54, 1.807) is 37.3 Å². The molecule has 0 bridgehead atoms. The van der Waals surface area contributed by atoms with E-state index in [-0.39, 0.29) is 5.75 Å². The first-order chi connectivity index (χ1) is 15.0. The lowest BCUT2D eigenvalue weighted by Crippen LogP contribution is -2.37. The van der Waals surface area contributed by atoms with Crippen LogP contribution in [-0.2, 0) is 9.59 Å². The summed E-state index contributed by atoms with van der Waals surface area (Å²) in [5.74, 6) is -0.511. The second kappa shape index (κ2) is 7.70. The lowest BCUT2D eigenvalue weighted by Gasteiger charge is -2.25. The molecule has 0 spiro atoms.